The molecule has 1 amide bonds. The SMILES string of the molecule is O=C(C=CC(=O)OCCCN1CCOCC1)Nc1ccc2ncnc(Nc3cc4nn(Cc5ccccc5)cc4c4ccccc34)c2c1. The Morgan fingerprint density at radius 1 is 0.854 bits per heavy atom. The molecule has 0 unspecified atom stereocenters. The lowest BCUT2D eigenvalue weighted by Gasteiger charge is -2.26. The van der Waals surface area contributed by atoms with Gasteiger partial charge in [-0.15, -0.1) is 0 Å². The lowest BCUT2D eigenvalue weighted by molar-refractivity contribution is -0.138. The van der Waals surface area contributed by atoms with Gasteiger partial charge in [0, 0.05) is 65.5 Å². The van der Waals surface area contributed by atoms with Crippen molar-refractivity contribution in [2.24, 2.45) is 0 Å². The summed E-state index contributed by atoms with van der Waals surface area (Å²) in [7, 11) is 0. The second-order valence-electron chi connectivity index (χ2n) is 11.6. The van der Waals surface area contributed by atoms with E-state index >= 15 is 0 Å². The fraction of sp³-hybridized carbons (Fsp3) is 0.216. The number of fused-ring (bicyclic) bond motifs is 4. The van der Waals surface area contributed by atoms with Gasteiger partial charge in [0.05, 0.1) is 37.4 Å². The first-order valence-corrected chi connectivity index (χ1v) is 16.0. The highest BCUT2D eigenvalue weighted by atomic mass is 16.5. The summed E-state index contributed by atoms with van der Waals surface area (Å²) in [5.41, 5.74) is 4.13. The van der Waals surface area contributed by atoms with E-state index in [0.29, 0.717) is 30.2 Å². The average molecular weight is 642 g/mol. The number of morpholine rings is 1. The summed E-state index contributed by atoms with van der Waals surface area (Å²) < 4.78 is 12.6. The molecule has 6 aromatic rings. The topological polar surface area (TPSA) is 124 Å². The number of hydrogen-bond acceptors (Lipinski definition) is 9. The van der Waals surface area contributed by atoms with Crippen molar-refractivity contribution in [3.63, 3.8) is 0 Å². The monoisotopic (exact) mass is 641 g/mol. The number of carbonyl (C=O) groups excluding carboxylic acids is 2. The maximum Gasteiger partial charge on any atom is 0.330 e. The van der Waals surface area contributed by atoms with Crippen molar-refractivity contribution in [1.82, 2.24) is 24.6 Å². The van der Waals surface area contributed by atoms with Crippen LogP contribution in [0, 0.1) is 0 Å². The lowest BCUT2D eigenvalue weighted by atomic mass is 10.0. The van der Waals surface area contributed by atoms with Gasteiger partial charge in [-0.05, 0) is 41.6 Å². The number of aromatic nitrogens is 4. The molecule has 11 nitrogen and oxygen atoms in total. The Morgan fingerprint density at radius 3 is 2.52 bits per heavy atom. The molecule has 7 rings (SSSR count). The number of ether oxygens (including phenoxy) is 2. The zero-order valence-corrected chi connectivity index (χ0v) is 26.3. The van der Waals surface area contributed by atoms with Crippen LogP contribution in [0.4, 0.5) is 17.2 Å². The van der Waals surface area contributed by atoms with Crippen LogP contribution < -0.4 is 10.6 Å². The number of carbonyl (C=O) groups is 2. The quantitative estimate of drug-likeness (QED) is 0.104. The molecule has 1 aliphatic heterocycles. The van der Waals surface area contributed by atoms with Gasteiger partial charge in [0.1, 0.15) is 12.1 Å². The maximum atomic E-state index is 12.7. The summed E-state index contributed by atoms with van der Waals surface area (Å²) >= 11 is 0. The minimum absolute atomic E-state index is 0.292. The fourth-order valence-electron chi connectivity index (χ4n) is 5.90. The molecule has 2 aromatic heterocycles. The molecule has 1 aliphatic rings. The number of hydrogen-bond donors (Lipinski definition) is 2. The highest BCUT2D eigenvalue weighted by Crippen LogP contribution is 2.34. The molecule has 0 aliphatic carbocycles. The Morgan fingerprint density at radius 2 is 1.67 bits per heavy atom. The number of nitrogens with zero attached hydrogens (tertiary/aromatic N) is 5. The van der Waals surface area contributed by atoms with E-state index in [-0.39, 0.29) is 0 Å². The Balaban J connectivity index is 1.05. The van der Waals surface area contributed by atoms with E-state index in [0.717, 1.165) is 78.1 Å². The third-order valence-electron chi connectivity index (χ3n) is 8.26. The van der Waals surface area contributed by atoms with Crippen LogP contribution in [0.3, 0.4) is 0 Å². The van der Waals surface area contributed by atoms with E-state index in [1.807, 2.05) is 53.2 Å². The van der Waals surface area contributed by atoms with Crippen LogP contribution in [0.1, 0.15) is 12.0 Å². The predicted octanol–water partition coefficient (Wildman–Crippen LogP) is 5.68. The van der Waals surface area contributed by atoms with Crippen molar-refractivity contribution in [3.05, 3.63) is 109 Å². The molecule has 3 heterocycles. The standard InChI is InChI=1S/C37H35N7O4/c45-35(13-14-36(46)48-18-6-15-43-16-19-47-20-17-43)40-27-11-12-32-30(21-27)37(39-25-38-32)41-33-22-34-31(28-9-4-5-10-29(28)33)24-44(42-34)23-26-7-2-1-3-8-26/h1-5,7-14,21-22,24-25H,6,15-20,23H2,(H,40,45)(H,38,39,41). The van der Waals surface area contributed by atoms with Crippen molar-refractivity contribution in [1.29, 1.82) is 0 Å². The first-order valence-electron chi connectivity index (χ1n) is 16.0. The second kappa shape index (κ2) is 14.4. The second-order valence-corrected chi connectivity index (χ2v) is 11.6. The van der Waals surface area contributed by atoms with Crippen LogP contribution in [0.15, 0.2) is 104 Å². The zero-order valence-electron chi connectivity index (χ0n) is 26.3. The highest BCUT2D eigenvalue weighted by molar-refractivity contribution is 6.13. The van der Waals surface area contributed by atoms with Gasteiger partial charge in [0.25, 0.3) is 0 Å². The van der Waals surface area contributed by atoms with Crippen LogP contribution in [0.2, 0.25) is 0 Å². The summed E-state index contributed by atoms with van der Waals surface area (Å²) in [5.74, 6) is -0.423. The van der Waals surface area contributed by atoms with Gasteiger partial charge in [-0.3, -0.25) is 14.4 Å². The summed E-state index contributed by atoms with van der Waals surface area (Å²) in [4.78, 5) is 36.1. The lowest BCUT2D eigenvalue weighted by Crippen LogP contribution is -2.37. The molecular weight excluding hydrogens is 606 g/mol. The van der Waals surface area contributed by atoms with Gasteiger partial charge in [0.2, 0.25) is 5.91 Å². The number of anilines is 3. The van der Waals surface area contributed by atoms with Crippen LogP contribution >= 0.6 is 0 Å². The van der Waals surface area contributed by atoms with Gasteiger partial charge in [-0.25, -0.2) is 14.8 Å². The molecule has 0 saturated carbocycles. The van der Waals surface area contributed by atoms with E-state index in [1.54, 1.807) is 6.07 Å². The minimum atomic E-state index is -0.556. The summed E-state index contributed by atoms with van der Waals surface area (Å²) in [6.45, 7) is 5.05. The number of esters is 1. The van der Waals surface area contributed by atoms with Crippen molar-refractivity contribution in [3.8, 4) is 0 Å². The predicted molar refractivity (Wildman–Crippen MR) is 186 cm³/mol. The number of benzene rings is 4. The Labute approximate surface area is 277 Å². The van der Waals surface area contributed by atoms with Gasteiger partial charge >= 0.3 is 5.97 Å². The van der Waals surface area contributed by atoms with Crippen LogP contribution in [-0.2, 0) is 25.6 Å². The molecule has 0 radical (unpaired) electrons. The van der Waals surface area contributed by atoms with Crippen LogP contribution in [-0.4, -0.2) is 76.0 Å². The molecule has 2 N–H and O–H groups in total. The molecule has 1 saturated heterocycles. The molecule has 4 aromatic carbocycles. The van der Waals surface area contributed by atoms with E-state index < -0.39 is 11.9 Å². The van der Waals surface area contributed by atoms with Crippen molar-refractivity contribution >= 4 is 61.6 Å². The molecule has 1 fully saturated rings. The Hall–Kier alpha value is -5.65. The van der Waals surface area contributed by atoms with Gasteiger partial charge in [-0.1, -0.05) is 54.6 Å². The third kappa shape index (κ3) is 7.33. The molecular formula is C37H35N7O4. The van der Waals surface area contributed by atoms with Gasteiger partial charge in [-0.2, -0.15) is 5.10 Å². The summed E-state index contributed by atoms with van der Waals surface area (Å²) in [6.07, 6.45) is 6.64. The first kappa shape index (κ1) is 31.0. The smallest absolute Gasteiger partial charge is 0.330 e. The van der Waals surface area contributed by atoms with E-state index in [2.05, 4.69) is 56.0 Å². The van der Waals surface area contributed by atoms with E-state index in [9.17, 15) is 9.59 Å². The molecule has 0 spiro atoms. The van der Waals surface area contributed by atoms with Crippen molar-refractivity contribution < 1.29 is 19.1 Å². The molecule has 242 valence electrons. The molecule has 0 bridgehead atoms. The van der Waals surface area contributed by atoms with Crippen molar-refractivity contribution in [2.45, 2.75) is 13.0 Å². The molecule has 11 heteroatoms. The largest absolute Gasteiger partial charge is 0.462 e. The number of amides is 1. The van der Waals surface area contributed by atoms with Gasteiger partial charge < -0.3 is 20.1 Å². The molecule has 48 heavy (non-hydrogen) atoms. The van der Waals surface area contributed by atoms with E-state index in [1.165, 1.54) is 18.0 Å². The summed E-state index contributed by atoms with van der Waals surface area (Å²) in [6, 6.07) is 25.9. The first-order chi connectivity index (χ1) is 23.6. The minimum Gasteiger partial charge on any atom is -0.462 e. The fourth-order valence-corrected chi connectivity index (χ4v) is 5.90. The van der Waals surface area contributed by atoms with Gasteiger partial charge in [0.15, 0.2) is 0 Å². The average Bonchev–Trinajstić information content (AvgIpc) is 3.53. The highest BCUT2D eigenvalue weighted by Gasteiger charge is 2.14. The Bertz CT molecular complexity index is 2110. The number of rotatable bonds is 11. The maximum absolute atomic E-state index is 12.7. The van der Waals surface area contributed by atoms with Crippen molar-refractivity contribution in [2.75, 3.05) is 50.1 Å². The summed E-state index contributed by atoms with van der Waals surface area (Å²) in [5, 5.41) is 15.1. The van der Waals surface area contributed by atoms with Crippen LogP contribution in [0.5, 0.6) is 0 Å². The normalized spacial score (nSPS) is 13.8. The zero-order chi connectivity index (χ0) is 32.7. The van der Waals surface area contributed by atoms with E-state index in [4.69, 9.17) is 14.6 Å². The number of nitrogens with one attached hydrogen (secondary N) is 2. The Kier molecular flexibility index (Phi) is 9.30. The van der Waals surface area contributed by atoms with Crippen LogP contribution in [0.25, 0.3) is 32.6 Å². The molecule has 0 atom stereocenters. The third-order valence-corrected chi connectivity index (χ3v) is 8.26.